The summed E-state index contributed by atoms with van der Waals surface area (Å²) in [5.74, 6) is 0.275. The van der Waals surface area contributed by atoms with E-state index in [1.807, 2.05) is 0 Å². The number of methoxy groups -OCH3 is 2. The van der Waals surface area contributed by atoms with Crippen molar-refractivity contribution in [1.82, 2.24) is 0 Å². The zero-order valence-corrected chi connectivity index (χ0v) is 10.8. The van der Waals surface area contributed by atoms with E-state index in [1.54, 1.807) is 0 Å². The second-order valence-electron chi connectivity index (χ2n) is 2.95. The van der Waals surface area contributed by atoms with Gasteiger partial charge in [-0.25, -0.2) is 4.79 Å². The molecule has 0 aromatic heterocycles. The van der Waals surface area contributed by atoms with Gasteiger partial charge in [0.2, 0.25) is 0 Å². The lowest BCUT2D eigenvalue weighted by Gasteiger charge is -2.17. The standard InChI is InChI=1S/C9H16Cl2O5/c1-13-5-7(3-10)15-9(12)16-8(4-11)6-14-2/h7-8H,3-6H2,1-2H3. The fourth-order valence-electron chi connectivity index (χ4n) is 0.892. The van der Waals surface area contributed by atoms with E-state index in [9.17, 15) is 4.79 Å². The number of carbonyl (C=O) groups excluding carboxylic acids is 1. The summed E-state index contributed by atoms with van der Waals surface area (Å²) in [4.78, 5) is 11.3. The Balaban J connectivity index is 3.93. The normalized spacial score (nSPS) is 14.2. The summed E-state index contributed by atoms with van der Waals surface area (Å²) in [7, 11) is 2.97. The molecule has 0 spiro atoms. The average Bonchev–Trinajstić information content (AvgIpc) is 2.27. The average molecular weight is 275 g/mol. The third kappa shape index (κ3) is 7.11. The van der Waals surface area contributed by atoms with Gasteiger partial charge in [-0.2, -0.15) is 0 Å². The van der Waals surface area contributed by atoms with Crippen LogP contribution in [0.2, 0.25) is 0 Å². The zero-order chi connectivity index (χ0) is 12.4. The number of halogens is 2. The summed E-state index contributed by atoms with van der Waals surface area (Å²) < 4.78 is 19.4. The molecule has 0 heterocycles. The molecule has 0 bridgehead atoms. The molecular weight excluding hydrogens is 259 g/mol. The van der Waals surface area contributed by atoms with Gasteiger partial charge in [-0.05, 0) is 0 Å². The van der Waals surface area contributed by atoms with Crippen LogP contribution in [0.4, 0.5) is 4.79 Å². The zero-order valence-electron chi connectivity index (χ0n) is 9.28. The maximum atomic E-state index is 11.3. The first-order valence-corrected chi connectivity index (χ1v) is 5.71. The molecule has 0 aliphatic rings. The predicted octanol–water partition coefficient (Wildman–Crippen LogP) is 1.65. The van der Waals surface area contributed by atoms with E-state index in [1.165, 1.54) is 14.2 Å². The molecule has 0 saturated heterocycles. The lowest BCUT2D eigenvalue weighted by atomic mass is 10.4. The molecule has 0 aliphatic heterocycles. The summed E-state index contributed by atoms with van der Waals surface area (Å²) in [5, 5.41) is 0. The number of carbonyl (C=O) groups is 1. The Bertz CT molecular complexity index is 173. The number of rotatable bonds is 8. The molecule has 0 aromatic carbocycles. The van der Waals surface area contributed by atoms with Crippen molar-refractivity contribution in [2.24, 2.45) is 0 Å². The van der Waals surface area contributed by atoms with Crippen LogP contribution >= 0.6 is 23.2 Å². The van der Waals surface area contributed by atoms with E-state index in [2.05, 4.69) is 0 Å². The van der Waals surface area contributed by atoms with E-state index in [-0.39, 0.29) is 25.0 Å². The summed E-state index contributed by atoms with van der Waals surface area (Å²) >= 11 is 11.1. The van der Waals surface area contributed by atoms with Crippen LogP contribution in [0.3, 0.4) is 0 Å². The minimum absolute atomic E-state index is 0.138. The number of alkyl halides is 2. The van der Waals surface area contributed by atoms with Crippen molar-refractivity contribution in [2.45, 2.75) is 12.2 Å². The Morgan fingerprint density at radius 2 is 1.38 bits per heavy atom. The fourth-order valence-corrected chi connectivity index (χ4v) is 1.20. The van der Waals surface area contributed by atoms with Crippen LogP contribution in [0.25, 0.3) is 0 Å². The monoisotopic (exact) mass is 274 g/mol. The second-order valence-corrected chi connectivity index (χ2v) is 3.57. The van der Waals surface area contributed by atoms with Gasteiger partial charge in [0.05, 0.1) is 25.0 Å². The van der Waals surface area contributed by atoms with Crippen molar-refractivity contribution >= 4 is 29.4 Å². The fraction of sp³-hybridized carbons (Fsp3) is 0.889. The van der Waals surface area contributed by atoms with Crippen molar-refractivity contribution in [3.8, 4) is 0 Å². The van der Waals surface area contributed by atoms with Crippen molar-refractivity contribution in [3.05, 3.63) is 0 Å². The summed E-state index contributed by atoms with van der Waals surface area (Å²) in [6.45, 7) is 0.433. The highest BCUT2D eigenvalue weighted by atomic mass is 35.5. The number of hydrogen-bond donors (Lipinski definition) is 0. The van der Waals surface area contributed by atoms with Gasteiger partial charge >= 0.3 is 6.16 Å². The van der Waals surface area contributed by atoms with Gasteiger partial charge in [-0.15, -0.1) is 23.2 Å². The van der Waals surface area contributed by atoms with Gasteiger partial charge in [0.25, 0.3) is 0 Å². The van der Waals surface area contributed by atoms with Crippen molar-refractivity contribution in [1.29, 1.82) is 0 Å². The molecule has 96 valence electrons. The van der Waals surface area contributed by atoms with Gasteiger partial charge in [0.1, 0.15) is 12.2 Å². The predicted molar refractivity (Wildman–Crippen MR) is 60.3 cm³/mol. The Hall–Kier alpha value is -0.230. The Morgan fingerprint density at radius 1 is 1.00 bits per heavy atom. The quantitative estimate of drug-likeness (QED) is 0.498. The maximum Gasteiger partial charge on any atom is 0.509 e. The molecular formula is C9H16Cl2O5. The van der Waals surface area contributed by atoms with Crippen LogP contribution in [0.5, 0.6) is 0 Å². The lowest BCUT2D eigenvalue weighted by Crippen LogP contribution is -2.30. The SMILES string of the molecule is COCC(CCl)OC(=O)OC(CCl)COC. The molecule has 2 atom stereocenters. The Kier molecular flexibility index (Phi) is 9.82. The van der Waals surface area contributed by atoms with Gasteiger partial charge in [0, 0.05) is 14.2 Å². The summed E-state index contributed by atoms with van der Waals surface area (Å²) in [6, 6.07) is 0. The molecule has 0 saturated carbocycles. The highest BCUT2D eigenvalue weighted by Crippen LogP contribution is 2.03. The molecule has 0 N–H and O–H groups in total. The molecule has 0 amide bonds. The van der Waals surface area contributed by atoms with E-state index in [0.717, 1.165) is 0 Å². The van der Waals surface area contributed by atoms with Gasteiger partial charge in [-0.1, -0.05) is 0 Å². The van der Waals surface area contributed by atoms with Crippen LogP contribution in [0, 0.1) is 0 Å². The minimum Gasteiger partial charge on any atom is -0.427 e. The maximum absolute atomic E-state index is 11.3. The van der Waals surface area contributed by atoms with E-state index in [4.69, 9.17) is 42.1 Å². The third-order valence-electron chi connectivity index (χ3n) is 1.58. The smallest absolute Gasteiger partial charge is 0.427 e. The first-order chi connectivity index (χ1) is 7.67. The molecule has 0 aromatic rings. The van der Waals surface area contributed by atoms with Crippen LogP contribution in [0.15, 0.2) is 0 Å². The molecule has 5 nitrogen and oxygen atoms in total. The minimum atomic E-state index is -0.828. The first kappa shape index (κ1) is 15.8. The topological polar surface area (TPSA) is 54.0 Å². The Labute approximate surface area is 105 Å². The Morgan fingerprint density at radius 3 is 1.62 bits per heavy atom. The summed E-state index contributed by atoms with van der Waals surface area (Å²) in [5.41, 5.74) is 0. The highest BCUT2D eigenvalue weighted by Gasteiger charge is 2.18. The third-order valence-corrected chi connectivity index (χ3v) is 2.26. The van der Waals surface area contributed by atoms with Crippen LogP contribution < -0.4 is 0 Å². The van der Waals surface area contributed by atoms with Crippen molar-refractivity contribution in [2.75, 3.05) is 39.2 Å². The van der Waals surface area contributed by atoms with Crippen molar-refractivity contribution < 1.29 is 23.7 Å². The largest absolute Gasteiger partial charge is 0.509 e. The molecule has 0 rings (SSSR count). The van der Waals surface area contributed by atoms with Gasteiger partial charge in [-0.3, -0.25) is 0 Å². The molecule has 16 heavy (non-hydrogen) atoms. The second kappa shape index (κ2) is 9.96. The summed E-state index contributed by atoms with van der Waals surface area (Å²) in [6.07, 6.45) is -1.89. The van der Waals surface area contributed by atoms with E-state index in [0.29, 0.717) is 0 Å². The van der Waals surface area contributed by atoms with Crippen LogP contribution in [-0.2, 0) is 18.9 Å². The van der Waals surface area contributed by atoms with Crippen molar-refractivity contribution in [3.63, 3.8) is 0 Å². The van der Waals surface area contributed by atoms with Crippen LogP contribution in [0.1, 0.15) is 0 Å². The molecule has 0 radical (unpaired) electrons. The highest BCUT2D eigenvalue weighted by molar-refractivity contribution is 6.18. The lowest BCUT2D eigenvalue weighted by molar-refractivity contribution is -0.0270. The van der Waals surface area contributed by atoms with E-state index < -0.39 is 18.4 Å². The molecule has 7 heteroatoms. The van der Waals surface area contributed by atoms with E-state index >= 15 is 0 Å². The first-order valence-electron chi connectivity index (χ1n) is 4.65. The molecule has 0 aliphatic carbocycles. The van der Waals surface area contributed by atoms with Gasteiger partial charge < -0.3 is 18.9 Å². The number of hydrogen-bond acceptors (Lipinski definition) is 5. The molecule has 0 fully saturated rings. The number of ether oxygens (including phenoxy) is 4. The molecule has 2 unspecified atom stereocenters. The van der Waals surface area contributed by atoms with Gasteiger partial charge in [0.15, 0.2) is 0 Å². The van der Waals surface area contributed by atoms with Crippen LogP contribution in [-0.4, -0.2) is 57.6 Å².